The molecule has 0 saturated carbocycles. The van der Waals surface area contributed by atoms with Crippen molar-refractivity contribution in [3.63, 3.8) is 0 Å². The largest absolute Gasteiger partial charge is 0.361 e. The van der Waals surface area contributed by atoms with Crippen molar-refractivity contribution in [1.29, 1.82) is 0 Å². The first kappa shape index (κ1) is 10.2. The van der Waals surface area contributed by atoms with E-state index in [1.807, 2.05) is 6.20 Å². The fourth-order valence-corrected chi connectivity index (χ4v) is 2.31. The monoisotopic (exact) mass is 221 g/mol. The first-order valence-electron chi connectivity index (χ1n) is 5.94. The Hall–Kier alpha value is -2.02. The Balaban J connectivity index is 2.06. The van der Waals surface area contributed by atoms with Crippen LogP contribution in [0.25, 0.3) is 10.9 Å². The quantitative estimate of drug-likeness (QED) is 0.671. The van der Waals surface area contributed by atoms with Gasteiger partial charge >= 0.3 is 0 Å². The molecule has 1 nitrogen and oxygen atoms in total. The normalized spacial score (nSPS) is 10.9. The molecule has 1 aromatic heterocycles. The van der Waals surface area contributed by atoms with E-state index in [-0.39, 0.29) is 0 Å². The van der Waals surface area contributed by atoms with E-state index in [0.29, 0.717) is 0 Å². The molecular formula is C16H15N. The lowest BCUT2D eigenvalue weighted by molar-refractivity contribution is 1.16. The predicted molar refractivity (Wildman–Crippen MR) is 72.3 cm³/mol. The summed E-state index contributed by atoms with van der Waals surface area (Å²) < 4.78 is 0. The lowest BCUT2D eigenvalue weighted by atomic mass is 9.99. The summed E-state index contributed by atoms with van der Waals surface area (Å²) in [4.78, 5) is 3.33. The van der Waals surface area contributed by atoms with Crippen LogP contribution in [0, 0.1) is 6.92 Å². The minimum atomic E-state index is 0.991. The van der Waals surface area contributed by atoms with Gasteiger partial charge in [-0.15, -0.1) is 0 Å². The number of fused-ring (bicyclic) bond motifs is 1. The maximum absolute atomic E-state index is 3.33. The van der Waals surface area contributed by atoms with Gasteiger partial charge in [0.1, 0.15) is 0 Å². The van der Waals surface area contributed by atoms with Crippen LogP contribution in [0.4, 0.5) is 0 Å². The lowest BCUT2D eigenvalue weighted by Gasteiger charge is -2.06. The second-order valence-corrected chi connectivity index (χ2v) is 4.46. The fraction of sp³-hybridized carbons (Fsp3) is 0.125. The Bertz CT molecular complexity index is 649. The van der Waals surface area contributed by atoms with Crippen LogP contribution in [0.3, 0.4) is 0 Å². The summed E-state index contributed by atoms with van der Waals surface area (Å²) in [6.07, 6.45) is 3.00. The molecule has 3 aromatic rings. The van der Waals surface area contributed by atoms with Crippen molar-refractivity contribution >= 4 is 10.9 Å². The maximum Gasteiger partial charge on any atom is 0.0489 e. The van der Waals surface area contributed by atoms with E-state index in [4.69, 9.17) is 0 Å². The van der Waals surface area contributed by atoms with Gasteiger partial charge in [0.2, 0.25) is 0 Å². The van der Waals surface area contributed by atoms with Gasteiger partial charge in [0.05, 0.1) is 0 Å². The first-order chi connectivity index (χ1) is 8.34. The highest BCUT2D eigenvalue weighted by Crippen LogP contribution is 2.21. The number of hydrogen-bond acceptors (Lipinski definition) is 0. The van der Waals surface area contributed by atoms with Crippen LogP contribution in [-0.2, 0) is 6.42 Å². The highest BCUT2D eigenvalue weighted by Gasteiger charge is 2.04. The molecule has 0 atom stereocenters. The summed E-state index contributed by atoms with van der Waals surface area (Å²) >= 11 is 0. The second kappa shape index (κ2) is 4.10. The van der Waals surface area contributed by atoms with Crippen LogP contribution in [0.5, 0.6) is 0 Å². The van der Waals surface area contributed by atoms with Gasteiger partial charge in [-0.3, -0.25) is 0 Å². The number of hydrogen-bond donors (Lipinski definition) is 1. The third-order valence-electron chi connectivity index (χ3n) is 3.32. The molecule has 0 aliphatic carbocycles. The van der Waals surface area contributed by atoms with Crippen LogP contribution in [0.2, 0.25) is 0 Å². The second-order valence-electron chi connectivity index (χ2n) is 4.46. The lowest BCUT2D eigenvalue weighted by Crippen LogP contribution is -1.92. The minimum absolute atomic E-state index is 0.991. The molecule has 0 unspecified atom stereocenters. The average Bonchev–Trinajstić information content (AvgIpc) is 2.81. The molecule has 1 heterocycles. The molecule has 1 N–H and O–H groups in total. The molecular weight excluding hydrogens is 206 g/mol. The number of aromatic nitrogens is 1. The zero-order valence-corrected chi connectivity index (χ0v) is 9.90. The Morgan fingerprint density at radius 3 is 2.59 bits per heavy atom. The SMILES string of the molecule is Cc1ccccc1Cc1cccc2cc[nH]c12. The number of rotatable bonds is 2. The standard InChI is InChI=1S/C16H15N/c1-12-5-2-3-6-14(12)11-15-8-4-7-13-9-10-17-16(13)15/h2-10,17H,11H2,1H3. The van der Waals surface area contributed by atoms with Gasteiger partial charge in [-0.05, 0) is 41.5 Å². The van der Waals surface area contributed by atoms with E-state index in [2.05, 4.69) is 60.4 Å². The number of aromatic amines is 1. The Labute approximate surface area is 101 Å². The molecule has 17 heavy (non-hydrogen) atoms. The van der Waals surface area contributed by atoms with Crippen molar-refractivity contribution in [1.82, 2.24) is 4.98 Å². The topological polar surface area (TPSA) is 15.8 Å². The molecule has 1 heteroatoms. The van der Waals surface area contributed by atoms with E-state index >= 15 is 0 Å². The number of nitrogens with one attached hydrogen (secondary N) is 1. The average molecular weight is 221 g/mol. The van der Waals surface area contributed by atoms with E-state index in [9.17, 15) is 0 Å². The summed E-state index contributed by atoms with van der Waals surface area (Å²) in [5, 5.41) is 1.29. The van der Waals surface area contributed by atoms with E-state index in [1.54, 1.807) is 0 Å². The molecule has 3 rings (SSSR count). The zero-order chi connectivity index (χ0) is 11.7. The van der Waals surface area contributed by atoms with Crippen LogP contribution in [0.1, 0.15) is 16.7 Å². The first-order valence-corrected chi connectivity index (χ1v) is 5.94. The van der Waals surface area contributed by atoms with Gasteiger partial charge in [-0.1, -0.05) is 42.5 Å². The Morgan fingerprint density at radius 1 is 0.882 bits per heavy atom. The van der Waals surface area contributed by atoms with E-state index in [0.717, 1.165) is 6.42 Å². The minimum Gasteiger partial charge on any atom is -0.361 e. The molecule has 0 spiro atoms. The molecule has 84 valence electrons. The van der Waals surface area contributed by atoms with Gasteiger partial charge in [0.25, 0.3) is 0 Å². The summed E-state index contributed by atoms with van der Waals surface area (Å²) in [6, 6.07) is 17.2. The summed E-state index contributed by atoms with van der Waals surface area (Å²) in [7, 11) is 0. The summed E-state index contributed by atoms with van der Waals surface area (Å²) in [6.45, 7) is 2.17. The van der Waals surface area contributed by atoms with Crippen LogP contribution < -0.4 is 0 Å². The van der Waals surface area contributed by atoms with Crippen molar-refractivity contribution in [2.24, 2.45) is 0 Å². The fourth-order valence-electron chi connectivity index (χ4n) is 2.31. The molecule has 0 fully saturated rings. The molecule has 2 aromatic carbocycles. The molecule has 0 amide bonds. The summed E-state index contributed by atoms with van der Waals surface area (Å²) in [5.74, 6) is 0. The Kier molecular flexibility index (Phi) is 2.45. The third-order valence-corrected chi connectivity index (χ3v) is 3.32. The molecule has 0 saturated heterocycles. The van der Waals surface area contributed by atoms with Gasteiger partial charge < -0.3 is 4.98 Å². The van der Waals surface area contributed by atoms with Crippen molar-refractivity contribution < 1.29 is 0 Å². The maximum atomic E-state index is 3.33. The summed E-state index contributed by atoms with van der Waals surface area (Å²) in [5.41, 5.74) is 5.38. The van der Waals surface area contributed by atoms with Gasteiger partial charge in [-0.25, -0.2) is 0 Å². The predicted octanol–water partition coefficient (Wildman–Crippen LogP) is 4.07. The number of benzene rings is 2. The highest BCUT2D eigenvalue weighted by molar-refractivity contribution is 5.82. The third kappa shape index (κ3) is 1.84. The van der Waals surface area contributed by atoms with Crippen LogP contribution in [-0.4, -0.2) is 4.98 Å². The van der Waals surface area contributed by atoms with Crippen molar-refractivity contribution in [2.45, 2.75) is 13.3 Å². The zero-order valence-electron chi connectivity index (χ0n) is 9.90. The van der Waals surface area contributed by atoms with E-state index < -0.39 is 0 Å². The molecule has 0 aliphatic rings. The highest BCUT2D eigenvalue weighted by atomic mass is 14.7. The number of para-hydroxylation sites is 1. The van der Waals surface area contributed by atoms with Crippen molar-refractivity contribution in [2.75, 3.05) is 0 Å². The van der Waals surface area contributed by atoms with E-state index in [1.165, 1.54) is 27.6 Å². The van der Waals surface area contributed by atoms with Gasteiger partial charge in [0.15, 0.2) is 0 Å². The van der Waals surface area contributed by atoms with Crippen LogP contribution >= 0.6 is 0 Å². The smallest absolute Gasteiger partial charge is 0.0489 e. The molecule has 0 radical (unpaired) electrons. The number of aryl methyl sites for hydroxylation is 1. The molecule has 0 bridgehead atoms. The van der Waals surface area contributed by atoms with Crippen molar-refractivity contribution in [3.8, 4) is 0 Å². The van der Waals surface area contributed by atoms with Crippen LogP contribution in [0.15, 0.2) is 54.7 Å². The Morgan fingerprint density at radius 2 is 1.71 bits per heavy atom. The van der Waals surface area contributed by atoms with Crippen molar-refractivity contribution in [3.05, 3.63) is 71.4 Å². The number of H-pyrrole nitrogens is 1. The van der Waals surface area contributed by atoms with Gasteiger partial charge in [-0.2, -0.15) is 0 Å². The molecule has 0 aliphatic heterocycles. The van der Waals surface area contributed by atoms with Gasteiger partial charge in [0, 0.05) is 11.7 Å².